The zero-order valence-electron chi connectivity index (χ0n) is 7.96. The molecule has 0 saturated heterocycles. The second-order valence-corrected chi connectivity index (χ2v) is 6.52. The SMILES string of the molecule is CC(Cl)CC(C)NS(=O)(=O)C1CC1. The number of halogens is 1. The number of hydrogen-bond acceptors (Lipinski definition) is 2. The van der Waals surface area contributed by atoms with Crippen LogP contribution in [0.25, 0.3) is 0 Å². The summed E-state index contributed by atoms with van der Waals surface area (Å²) >= 11 is 5.76. The number of hydrogen-bond donors (Lipinski definition) is 1. The second kappa shape index (κ2) is 4.15. The molecular formula is C8H16ClNO2S. The first-order chi connectivity index (χ1) is 5.92. The van der Waals surface area contributed by atoms with E-state index >= 15 is 0 Å². The van der Waals surface area contributed by atoms with Crippen molar-refractivity contribution in [3.05, 3.63) is 0 Å². The highest BCUT2D eigenvalue weighted by atomic mass is 35.5. The van der Waals surface area contributed by atoms with Crippen molar-refractivity contribution in [3.63, 3.8) is 0 Å². The Morgan fingerprint density at radius 2 is 2.00 bits per heavy atom. The molecule has 2 atom stereocenters. The highest BCUT2D eigenvalue weighted by molar-refractivity contribution is 7.90. The van der Waals surface area contributed by atoms with Crippen molar-refractivity contribution in [2.75, 3.05) is 0 Å². The van der Waals surface area contributed by atoms with Crippen molar-refractivity contribution in [2.24, 2.45) is 0 Å². The molecule has 1 aliphatic carbocycles. The molecular weight excluding hydrogens is 210 g/mol. The van der Waals surface area contributed by atoms with Crippen LogP contribution in [-0.4, -0.2) is 25.1 Å². The summed E-state index contributed by atoms with van der Waals surface area (Å²) in [4.78, 5) is 0. The van der Waals surface area contributed by atoms with Crippen molar-refractivity contribution < 1.29 is 8.42 Å². The smallest absolute Gasteiger partial charge is 0.212 e. The van der Waals surface area contributed by atoms with Gasteiger partial charge < -0.3 is 0 Å². The Kier molecular flexibility index (Phi) is 3.60. The summed E-state index contributed by atoms with van der Waals surface area (Å²) in [5.41, 5.74) is 0. The van der Waals surface area contributed by atoms with E-state index < -0.39 is 10.0 Å². The van der Waals surface area contributed by atoms with Gasteiger partial charge in [-0.25, -0.2) is 13.1 Å². The van der Waals surface area contributed by atoms with Crippen LogP contribution in [0.15, 0.2) is 0 Å². The van der Waals surface area contributed by atoms with E-state index in [9.17, 15) is 8.42 Å². The molecule has 0 aromatic heterocycles. The molecule has 1 saturated carbocycles. The summed E-state index contributed by atoms with van der Waals surface area (Å²) in [7, 11) is -3.04. The van der Waals surface area contributed by atoms with E-state index in [1.807, 2.05) is 13.8 Å². The van der Waals surface area contributed by atoms with Gasteiger partial charge in [0.2, 0.25) is 10.0 Å². The Balaban J connectivity index is 2.38. The first kappa shape index (κ1) is 11.3. The van der Waals surface area contributed by atoms with Gasteiger partial charge in [0.05, 0.1) is 5.25 Å². The topological polar surface area (TPSA) is 46.2 Å². The van der Waals surface area contributed by atoms with E-state index in [1.165, 1.54) is 0 Å². The standard InChI is InChI=1S/C8H16ClNO2S/c1-6(9)5-7(2)10-13(11,12)8-3-4-8/h6-8,10H,3-5H2,1-2H3. The predicted octanol–water partition coefficient (Wildman–Crippen LogP) is 1.47. The summed E-state index contributed by atoms with van der Waals surface area (Å²) in [6.07, 6.45) is 2.28. The van der Waals surface area contributed by atoms with Crippen LogP contribution < -0.4 is 4.72 Å². The van der Waals surface area contributed by atoms with Crippen molar-refractivity contribution >= 4 is 21.6 Å². The third-order valence-electron chi connectivity index (χ3n) is 2.01. The monoisotopic (exact) mass is 225 g/mol. The van der Waals surface area contributed by atoms with Gasteiger partial charge in [-0.3, -0.25) is 0 Å². The lowest BCUT2D eigenvalue weighted by atomic mass is 10.2. The van der Waals surface area contributed by atoms with Gasteiger partial charge >= 0.3 is 0 Å². The van der Waals surface area contributed by atoms with Crippen LogP contribution in [0.3, 0.4) is 0 Å². The number of rotatable bonds is 5. The quantitative estimate of drug-likeness (QED) is 0.721. The van der Waals surface area contributed by atoms with Crippen LogP contribution in [0.5, 0.6) is 0 Å². The Morgan fingerprint density at radius 3 is 2.38 bits per heavy atom. The number of nitrogens with one attached hydrogen (secondary N) is 1. The largest absolute Gasteiger partial charge is 0.214 e. The highest BCUT2D eigenvalue weighted by Gasteiger charge is 2.36. The van der Waals surface area contributed by atoms with Crippen LogP contribution in [-0.2, 0) is 10.0 Å². The molecule has 0 radical (unpaired) electrons. The molecule has 0 aliphatic heterocycles. The van der Waals surface area contributed by atoms with Gasteiger partial charge in [0.15, 0.2) is 0 Å². The third kappa shape index (κ3) is 3.83. The van der Waals surface area contributed by atoms with Gasteiger partial charge in [0.1, 0.15) is 0 Å². The molecule has 1 N–H and O–H groups in total. The normalized spacial score (nSPS) is 22.7. The van der Waals surface area contributed by atoms with Gasteiger partial charge in [-0.2, -0.15) is 0 Å². The maximum Gasteiger partial charge on any atom is 0.214 e. The first-order valence-corrected chi connectivity index (χ1v) is 6.55. The lowest BCUT2D eigenvalue weighted by Gasteiger charge is -2.14. The maximum atomic E-state index is 11.4. The molecule has 0 bridgehead atoms. The van der Waals surface area contributed by atoms with E-state index in [0.29, 0.717) is 6.42 Å². The van der Waals surface area contributed by atoms with Crippen molar-refractivity contribution in [1.29, 1.82) is 0 Å². The molecule has 0 aromatic rings. The van der Waals surface area contributed by atoms with Crippen molar-refractivity contribution in [1.82, 2.24) is 4.72 Å². The number of sulfonamides is 1. The number of alkyl halides is 1. The summed E-state index contributed by atoms with van der Waals surface area (Å²) < 4.78 is 25.5. The molecule has 78 valence electrons. The molecule has 3 nitrogen and oxygen atoms in total. The Labute approximate surface area is 84.9 Å². The Bertz CT molecular complexity index is 259. The van der Waals surface area contributed by atoms with E-state index in [0.717, 1.165) is 12.8 Å². The van der Waals surface area contributed by atoms with Crippen LogP contribution in [0.2, 0.25) is 0 Å². The summed E-state index contributed by atoms with van der Waals surface area (Å²) in [5.74, 6) is 0. The Hall–Kier alpha value is 0.200. The fourth-order valence-corrected chi connectivity index (χ4v) is 3.16. The van der Waals surface area contributed by atoms with Gasteiger partial charge in [0, 0.05) is 11.4 Å². The van der Waals surface area contributed by atoms with Crippen molar-refractivity contribution in [2.45, 2.75) is 49.8 Å². The molecule has 0 heterocycles. The molecule has 1 aliphatic rings. The zero-order chi connectivity index (χ0) is 10.1. The average Bonchev–Trinajstić information content (AvgIpc) is 2.60. The minimum Gasteiger partial charge on any atom is -0.212 e. The lowest BCUT2D eigenvalue weighted by Crippen LogP contribution is -2.36. The van der Waals surface area contributed by atoms with E-state index in [4.69, 9.17) is 11.6 Å². The van der Waals surface area contributed by atoms with Crippen LogP contribution in [0.1, 0.15) is 33.1 Å². The van der Waals surface area contributed by atoms with Crippen LogP contribution >= 0.6 is 11.6 Å². The van der Waals surface area contributed by atoms with Gasteiger partial charge in [-0.15, -0.1) is 11.6 Å². The summed E-state index contributed by atoms with van der Waals surface area (Å²) in [6.45, 7) is 3.71. The fraction of sp³-hybridized carbons (Fsp3) is 1.00. The van der Waals surface area contributed by atoms with E-state index in [1.54, 1.807) is 0 Å². The Morgan fingerprint density at radius 1 is 1.46 bits per heavy atom. The lowest BCUT2D eigenvalue weighted by molar-refractivity contribution is 0.544. The van der Waals surface area contributed by atoms with E-state index in [2.05, 4.69) is 4.72 Å². The molecule has 0 spiro atoms. The summed E-state index contributed by atoms with van der Waals surface area (Å²) in [5, 5.41) is -0.127. The molecule has 1 rings (SSSR count). The zero-order valence-corrected chi connectivity index (χ0v) is 9.53. The van der Waals surface area contributed by atoms with Gasteiger partial charge in [0.25, 0.3) is 0 Å². The maximum absolute atomic E-state index is 11.4. The first-order valence-electron chi connectivity index (χ1n) is 4.57. The van der Waals surface area contributed by atoms with Crippen molar-refractivity contribution in [3.8, 4) is 0 Å². The average molecular weight is 226 g/mol. The summed E-state index contributed by atoms with van der Waals surface area (Å²) in [6, 6.07) is -0.0573. The second-order valence-electron chi connectivity index (χ2n) is 3.78. The molecule has 1 fully saturated rings. The molecule has 0 aromatic carbocycles. The molecule has 5 heteroatoms. The predicted molar refractivity (Wildman–Crippen MR) is 54.5 cm³/mol. The van der Waals surface area contributed by atoms with Gasteiger partial charge in [-0.1, -0.05) is 0 Å². The minimum atomic E-state index is -3.04. The minimum absolute atomic E-state index is 0.0110. The molecule has 0 amide bonds. The molecule has 13 heavy (non-hydrogen) atoms. The fourth-order valence-electron chi connectivity index (χ4n) is 1.29. The highest BCUT2D eigenvalue weighted by Crippen LogP contribution is 2.27. The van der Waals surface area contributed by atoms with E-state index in [-0.39, 0.29) is 16.7 Å². The van der Waals surface area contributed by atoms with Crippen LogP contribution in [0, 0.1) is 0 Å². The third-order valence-corrected chi connectivity index (χ3v) is 4.27. The molecule has 2 unspecified atom stereocenters. The van der Waals surface area contributed by atoms with Crippen LogP contribution in [0.4, 0.5) is 0 Å². The van der Waals surface area contributed by atoms with Gasteiger partial charge in [-0.05, 0) is 33.1 Å².